The summed E-state index contributed by atoms with van der Waals surface area (Å²) in [5, 5.41) is 14.2. The summed E-state index contributed by atoms with van der Waals surface area (Å²) in [5.74, 6) is 0.0115. The van der Waals surface area contributed by atoms with E-state index in [2.05, 4.69) is 5.32 Å². The molecular weight excluding hydrogens is 328 g/mol. The quantitative estimate of drug-likeness (QED) is 0.370. The van der Waals surface area contributed by atoms with Gasteiger partial charge in [-0.3, -0.25) is 14.9 Å². The number of anilines is 1. The van der Waals surface area contributed by atoms with Crippen LogP contribution < -0.4 is 5.32 Å². The summed E-state index contributed by atoms with van der Waals surface area (Å²) in [6, 6.07) is 24.7. The van der Waals surface area contributed by atoms with Crippen LogP contribution in [0.5, 0.6) is 0 Å². The van der Waals surface area contributed by atoms with Crippen molar-refractivity contribution in [3.63, 3.8) is 0 Å². The van der Waals surface area contributed by atoms with E-state index >= 15 is 0 Å². The SMILES string of the molecule is O=C(C[C@H](Nc1ccccc1)c1ccc([N+](=O)[O-])cc1)c1ccccc1. The minimum absolute atomic E-state index is 0.0115. The number of para-hydroxylation sites is 1. The molecule has 5 heteroatoms. The van der Waals surface area contributed by atoms with Crippen LogP contribution in [0.3, 0.4) is 0 Å². The fourth-order valence-electron chi connectivity index (χ4n) is 2.74. The number of nitrogens with one attached hydrogen (secondary N) is 1. The third-order valence-corrected chi connectivity index (χ3v) is 4.11. The Hall–Kier alpha value is -3.47. The summed E-state index contributed by atoms with van der Waals surface area (Å²) in [4.78, 5) is 23.1. The molecule has 1 atom stereocenters. The number of benzene rings is 3. The first-order valence-electron chi connectivity index (χ1n) is 8.27. The number of ketones is 1. The zero-order valence-electron chi connectivity index (χ0n) is 14.0. The highest BCUT2D eigenvalue weighted by Crippen LogP contribution is 2.26. The number of hydrogen-bond donors (Lipinski definition) is 1. The van der Waals surface area contributed by atoms with E-state index in [1.165, 1.54) is 12.1 Å². The van der Waals surface area contributed by atoms with Gasteiger partial charge in [-0.05, 0) is 17.7 Å². The lowest BCUT2D eigenvalue weighted by molar-refractivity contribution is -0.384. The van der Waals surface area contributed by atoms with Crippen LogP contribution in [-0.2, 0) is 0 Å². The zero-order chi connectivity index (χ0) is 18.4. The van der Waals surface area contributed by atoms with Crippen LogP contribution in [0.2, 0.25) is 0 Å². The molecule has 0 heterocycles. The van der Waals surface area contributed by atoms with Crippen molar-refractivity contribution in [2.24, 2.45) is 0 Å². The topological polar surface area (TPSA) is 72.2 Å². The summed E-state index contributed by atoms with van der Waals surface area (Å²) >= 11 is 0. The van der Waals surface area contributed by atoms with E-state index in [0.717, 1.165) is 11.3 Å². The maximum atomic E-state index is 12.6. The van der Waals surface area contributed by atoms with Gasteiger partial charge in [0.1, 0.15) is 0 Å². The van der Waals surface area contributed by atoms with Gasteiger partial charge in [0.05, 0.1) is 11.0 Å². The molecule has 0 bridgehead atoms. The first kappa shape index (κ1) is 17.4. The molecule has 0 aliphatic heterocycles. The van der Waals surface area contributed by atoms with Crippen molar-refractivity contribution in [2.45, 2.75) is 12.5 Å². The van der Waals surface area contributed by atoms with Crippen LogP contribution in [0.25, 0.3) is 0 Å². The van der Waals surface area contributed by atoms with Gasteiger partial charge < -0.3 is 5.32 Å². The number of carbonyl (C=O) groups excluding carboxylic acids is 1. The van der Waals surface area contributed by atoms with Gasteiger partial charge in [0.2, 0.25) is 0 Å². The Morgan fingerprint density at radius 1 is 0.885 bits per heavy atom. The van der Waals surface area contributed by atoms with Crippen LogP contribution >= 0.6 is 0 Å². The first-order valence-corrected chi connectivity index (χ1v) is 8.27. The van der Waals surface area contributed by atoms with Crippen molar-refractivity contribution in [2.75, 3.05) is 5.32 Å². The van der Waals surface area contributed by atoms with Crippen LogP contribution in [0.1, 0.15) is 28.4 Å². The Balaban J connectivity index is 1.86. The van der Waals surface area contributed by atoms with Crippen molar-refractivity contribution in [1.82, 2.24) is 0 Å². The van der Waals surface area contributed by atoms with Crippen molar-refractivity contribution in [1.29, 1.82) is 0 Å². The number of rotatable bonds is 7. The molecule has 0 aromatic heterocycles. The number of hydrogen-bond acceptors (Lipinski definition) is 4. The molecule has 3 aromatic carbocycles. The van der Waals surface area contributed by atoms with E-state index in [1.807, 2.05) is 48.5 Å². The predicted octanol–water partition coefficient (Wildman–Crippen LogP) is 5.02. The molecule has 3 rings (SSSR count). The fraction of sp³-hybridized carbons (Fsp3) is 0.0952. The Kier molecular flexibility index (Phi) is 5.39. The average molecular weight is 346 g/mol. The average Bonchev–Trinajstić information content (AvgIpc) is 2.69. The molecule has 3 aromatic rings. The van der Waals surface area contributed by atoms with Crippen LogP contribution in [0, 0.1) is 10.1 Å². The molecule has 0 spiro atoms. The summed E-state index contributed by atoms with van der Waals surface area (Å²) in [7, 11) is 0. The molecule has 0 aliphatic carbocycles. The highest BCUT2D eigenvalue weighted by molar-refractivity contribution is 5.96. The standard InChI is InChI=1S/C21H18N2O3/c24-21(17-7-3-1-4-8-17)15-20(22-18-9-5-2-6-10-18)16-11-13-19(14-12-16)23(25)26/h1-14,20,22H,15H2/t20-/m0/s1. The van der Waals surface area contributed by atoms with Gasteiger partial charge in [0.15, 0.2) is 5.78 Å². The molecule has 5 nitrogen and oxygen atoms in total. The van der Waals surface area contributed by atoms with Gasteiger partial charge in [-0.25, -0.2) is 0 Å². The molecule has 1 N–H and O–H groups in total. The number of carbonyl (C=O) groups is 1. The molecular formula is C21H18N2O3. The van der Waals surface area contributed by atoms with Gasteiger partial charge >= 0.3 is 0 Å². The molecule has 0 saturated carbocycles. The van der Waals surface area contributed by atoms with Gasteiger partial charge in [-0.2, -0.15) is 0 Å². The first-order chi connectivity index (χ1) is 12.6. The Bertz CT molecular complexity index is 878. The number of nitro groups is 1. The summed E-state index contributed by atoms with van der Waals surface area (Å²) < 4.78 is 0. The van der Waals surface area contributed by atoms with Crippen LogP contribution in [0.4, 0.5) is 11.4 Å². The number of nitrogens with zero attached hydrogens (tertiary/aromatic N) is 1. The van der Waals surface area contributed by atoms with Crippen LogP contribution in [-0.4, -0.2) is 10.7 Å². The van der Waals surface area contributed by atoms with Crippen molar-refractivity contribution >= 4 is 17.2 Å². The highest BCUT2D eigenvalue weighted by atomic mass is 16.6. The Morgan fingerprint density at radius 3 is 2.04 bits per heavy atom. The second-order valence-electron chi connectivity index (χ2n) is 5.90. The lowest BCUT2D eigenvalue weighted by Gasteiger charge is -2.20. The van der Waals surface area contributed by atoms with Crippen molar-refractivity contribution in [3.8, 4) is 0 Å². The lowest BCUT2D eigenvalue weighted by Crippen LogP contribution is -2.15. The molecule has 0 unspecified atom stereocenters. The predicted molar refractivity (Wildman–Crippen MR) is 101 cm³/mol. The van der Waals surface area contributed by atoms with E-state index in [1.54, 1.807) is 24.3 Å². The smallest absolute Gasteiger partial charge is 0.269 e. The molecule has 0 radical (unpaired) electrons. The van der Waals surface area contributed by atoms with E-state index in [4.69, 9.17) is 0 Å². The number of Topliss-reactive ketones (excluding diaryl/α,β-unsaturated/α-hetero) is 1. The third-order valence-electron chi connectivity index (χ3n) is 4.11. The third kappa shape index (κ3) is 4.33. The van der Waals surface area contributed by atoms with Gasteiger partial charge in [-0.1, -0.05) is 60.7 Å². The van der Waals surface area contributed by atoms with Crippen molar-refractivity contribution in [3.05, 3.63) is 106 Å². The Labute approximate surface area is 151 Å². The molecule has 0 amide bonds. The second kappa shape index (κ2) is 8.07. The van der Waals surface area contributed by atoms with E-state index < -0.39 is 4.92 Å². The minimum Gasteiger partial charge on any atom is -0.378 e. The number of non-ortho nitro benzene ring substituents is 1. The van der Waals surface area contributed by atoms with Crippen LogP contribution in [0.15, 0.2) is 84.9 Å². The normalized spacial score (nSPS) is 11.5. The van der Waals surface area contributed by atoms with Gasteiger partial charge in [0, 0.05) is 29.8 Å². The molecule has 0 saturated heterocycles. The molecule has 0 fully saturated rings. The molecule has 26 heavy (non-hydrogen) atoms. The molecule has 130 valence electrons. The minimum atomic E-state index is -0.432. The van der Waals surface area contributed by atoms with Gasteiger partial charge in [0.25, 0.3) is 5.69 Å². The summed E-state index contributed by atoms with van der Waals surface area (Å²) in [6.45, 7) is 0. The Morgan fingerprint density at radius 2 is 1.46 bits per heavy atom. The largest absolute Gasteiger partial charge is 0.378 e. The molecule has 0 aliphatic rings. The summed E-state index contributed by atoms with van der Waals surface area (Å²) in [5.41, 5.74) is 2.39. The maximum Gasteiger partial charge on any atom is 0.269 e. The van der Waals surface area contributed by atoms with E-state index in [9.17, 15) is 14.9 Å². The van der Waals surface area contributed by atoms with Crippen molar-refractivity contribution < 1.29 is 9.72 Å². The highest BCUT2D eigenvalue weighted by Gasteiger charge is 2.18. The number of nitro benzene ring substituents is 1. The summed E-state index contributed by atoms with van der Waals surface area (Å²) in [6.07, 6.45) is 0.247. The fourth-order valence-corrected chi connectivity index (χ4v) is 2.74. The van der Waals surface area contributed by atoms with E-state index in [0.29, 0.717) is 5.56 Å². The second-order valence-corrected chi connectivity index (χ2v) is 5.90. The van der Waals surface area contributed by atoms with Gasteiger partial charge in [-0.15, -0.1) is 0 Å². The zero-order valence-corrected chi connectivity index (χ0v) is 14.0. The maximum absolute atomic E-state index is 12.6. The monoisotopic (exact) mass is 346 g/mol. The lowest BCUT2D eigenvalue weighted by atomic mass is 9.97. The van der Waals surface area contributed by atoms with E-state index in [-0.39, 0.29) is 23.9 Å².